The van der Waals surface area contributed by atoms with Gasteiger partial charge in [0.15, 0.2) is 11.6 Å². The number of nitrogens with zero attached hydrogens (tertiary/aromatic N) is 4. The Labute approximate surface area is 115 Å². The van der Waals surface area contributed by atoms with Gasteiger partial charge in [-0.25, -0.2) is 4.98 Å². The predicted molar refractivity (Wildman–Crippen MR) is 72.6 cm³/mol. The van der Waals surface area contributed by atoms with Gasteiger partial charge in [-0.3, -0.25) is 14.8 Å². The lowest BCUT2D eigenvalue weighted by atomic mass is 10.2. The van der Waals surface area contributed by atoms with E-state index >= 15 is 0 Å². The first kappa shape index (κ1) is 13.8. The van der Waals surface area contributed by atoms with Crippen molar-refractivity contribution >= 4 is 11.4 Å². The molecule has 1 heterocycles. The lowest BCUT2D eigenvalue weighted by molar-refractivity contribution is -0.384. The first-order valence-electron chi connectivity index (χ1n) is 6.10. The molecule has 0 fully saturated rings. The second kappa shape index (κ2) is 6.00. The topological polar surface area (TPSA) is 95.1 Å². The molecule has 1 N–H and O–H groups in total. The van der Waals surface area contributed by atoms with Gasteiger partial charge in [-0.05, 0) is 19.1 Å². The van der Waals surface area contributed by atoms with Crippen LogP contribution in [0.1, 0.15) is 12.7 Å². The number of hydrogen-bond acceptors (Lipinski definition) is 6. The van der Waals surface area contributed by atoms with Crippen LogP contribution in [0.4, 0.5) is 11.4 Å². The average Bonchev–Trinajstić information content (AvgIpc) is 2.82. The normalized spacial score (nSPS) is 10.3. The molecular formula is C12H15N5O3. The molecule has 2 rings (SSSR count). The second-order valence-corrected chi connectivity index (χ2v) is 4.03. The van der Waals surface area contributed by atoms with Gasteiger partial charge in [-0.15, -0.1) is 0 Å². The molecule has 8 nitrogen and oxygen atoms in total. The molecule has 0 amide bonds. The van der Waals surface area contributed by atoms with Crippen LogP contribution in [0.15, 0.2) is 24.5 Å². The maximum atomic E-state index is 11.2. The summed E-state index contributed by atoms with van der Waals surface area (Å²) in [4.78, 5) is 14.8. The SMILES string of the molecule is CCOc1cccc(NCc2ncn(C)n2)c1[N+](=O)[O-]. The van der Waals surface area contributed by atoms with Gasteiger partial charge in [0.05, 0.1) is 18.1 Å². The molecule has 0 radical (unpaired) electrons. The summed E-state index contributed by atoms with van der Waals surface area (Å²) in [5, 5.41) is 18.2. The van der Waals surface area contributed by atoms with E-state index in [1.807, 2.05) is 0 Å². The van der Waals surface area contributed by atoms with Crippen LogP contribution in [0.2, 0.25) is 0 Å². The Morgan fingerprint density at radius 3 is 2.90 bits per heavy atom. The molecule has 0 aliphatic carbocycles. The van der Waals surface area contributed by atoms with Crippen molar-refractivity contribution in [3.8, 4) is 5.75 Å². The number of nitro groups is 1. The number of para-hydroxylation sites is 1. The quantitative estimate of drug-likeness (QED) is 0.638. The van der Waals surface area contributed by atoms with E-state index in [9.17, 15) is 10.1 Å². The zero-order valence-corrected chi connectivity index (χ0v) is 11.2. The van der Waals surface area contributed by atoms with Gasteiger partial charge in [-0.1, -0.05) is 6.07 Å². The van der Waals surface area contributed by atoms with Gasteiger partial charge < -0.3 is 10.1 Å². The Hall–Kier alpha value is -2.64. The highest BCUT2D eigenvalue weighted by Crippen LogP contribution is 2.34. The van der Waals surface area contributed by atoms with Crippen molar-refractivity contribution in [2.45, 2.75) is 13.5 Å². The largest absolute Gasteiger partial charge is 0.487 e. The van der Waals surface area contributed by atoms with E-state index in [1.54, 1.807) is 43.2 Å². The van der Waals surface area contributed by atoms with Crippen LogP contribution < -0.4 is 10.1 Å². The Morgan fingerprint density at radius 1 is 1.50 bits per heavy atom. The molecule has 1 aromatic heterocycles. The smallest absolute Gasteiger partial charge is 0.333 e. The standard InChI is InChI=1S/C12H15N5O3/c1-3-20-10-6-4-5-9(12(10)17(18)19)13-7-11-14-8-16(2)15-11/h4-6,8,13H,3,7H2,1-2H3. The highest BCUT2D eigenvalue weighted by molar-refractivity contribution is 5.68. The lowest BCUT2D eigenvalue weighted by Gasteiger charge is -2.09. The Balaban J connectivity index is 2.22. The van der Waals surface area contributed by atoms with Crippen molar-refractivity contribution < 1.29 is 9.66 Å². The van der Waals surface area contributed by atoms with Crippen molar-refractivity contribution in [3.63, 3.8) is 0 Å². The fourth-order valence-electron chi connectivity index (χ4n) is 1.76. The molecule has 20 heavy (non-hydrogen) atoms. The summed E-state index contributed by atoms with van der Waals surface area (Å²) in [5.41, 5.74) is 0.304. The first-order chi connectivity index (χ1) is 9.61. The number of benzene rings is 1. The summed E-state index contributed by atoms with van der Waals surface area (Å²) in [6, 6.07) is 4.90. The van der Waals surface area contributed by atoms with E-state index in [-0.39, 0.29) is 11.4 Å². The van der Waals surface area contributed by atoms with E-state index in [0.29, 0.717) is 24.7 Å². The van der Waals surface area contributed by atoms with Crippen molar-refractivity contribution in [3.05, 3.63) is 40.5 Å². The predicted octanol–water partition coefficient (Wildman–Crippen LogP) is 1.73. The number of anilines is 1. The molecule has 8 heteroatoms. The molecule has 0 saturated carbocycles. The average molecular weight is 277 g/mol. The van der Waals surface area contributed by atoms with Crippen molar-refractivity contribution in [1.82, 2.24) is 14.8 Å². The maximum absolute atomic E-state index is 11.2. The van der Waals surface area contributed by atoms with Crippen LogP contribution in [-0.2, 0) is 13.6 Å². The van der Waals surface area contributed by atoms with E-state index in [0.717, 1.165) is 0 Å². The second-order valence-electron chi connectivity index (χ2n) is 4.03. The van der Waals surface area contributed by atoms with Crippen LogP contribution >= 0.6 is 0 Å². The van der Waals surface area contributed by atoms with E-state index in [4.69, 9.17) is 4.74 Å². The first-order valence-corrected chi connectivity index (χ1v) is 6.10. The summed E-state index contributed by atoms with van der Waals surface area (Å²) in [5.74, 6) is 0.806. The number of hydrogen-bond donors (Lipinski definition) is 1. The number of ether oxygens (including phenoxy) is 1. The van der Waals surface area contributed by atoms with Crippen LogP contribution in [0.25, 0.3) is 0 Å². The third-order valence-corrected chi connectivity index (χ3v) is 2.57. The molecule has 106 valence electrons. The molecule has 0 bridgehead atoms. The van der Waals surface area contributed by atoms with Gasteiger partial charge in [0.2, 0.25) is 0 Å². The van der Waals surface area contributed by atoms with Crippen LogP contribution in [-0.4, -0.2) is 26.3 Å². The molecule has 0 atom stereocenters. The van der Waals surface area contributed by atoms with Crippen LogP contribution in [0, 0.1) is 10.1 Å². The molecule has 0 aliphatic rings. The Kier molecular flexibility index (Phi) is 4.14. The monoisotopic (exact) mass is 277 g/mol. The third kappa shape index (κ3) is 3.02. The molecule has 0 spiro atoms. The summed E-state index contributed by atoms with van der Waals surface area (Å²) in [7, 11) is 1.76. The van der Waals surface area contributed by atoms with E-state index in [1.165, 1.54) is 0 Å². The number of aromatic nitrogens is 3. The molecule has 0 unspecified atom stereocenters. The van der Waals surface area contributed by atoms with Crippen molar-refractivity contribution in [2.75, 3.05) is 11.9 Å². The van der Waals surface area contributed by atoms with Gasteiger partial charge in [0.1, 0.15) is 12.0 Å². The zero-order chi connectivity index (χ0) is 14.5. The number of nitro benzene ring substituents is 1. The van der Waals surface area contributed by atoms with Gasteiger partial charge in [0.25, 0.3) is 0 Å². The summed E-state index contributed by atoms with van der Waals surface area (Å²) in [6.45, 7) is 2.45. The van der Waals surface area contributed by atoms with Gasteiger partial charge >= 0.3 is 5.69 Å². The third-order valence-electron chi connectivity index (χ3n) is 2.57. The molecule has 1 aromatic carbocycles. The Bertz CT molecular complexity index is 611. The van der Waals surface area contributed by atoms with Gasteiger partial charge in [-0.2, -0.15) is 5.10 Å². The van der Waals surface area contributed by atoms with Crippen molar-refractivity contribution in [1.29, 1.82) is 0 Å². The number of rotatable bonds is 6. The molecule has 2 aromatic rings. The van der Waals surface area contributed by atoms with Crippen LogP contribution in [0.5, 0.6) is 5.75 Å². The van der Waals surface area contributed by atoms with Gasteiger partial charge in [0, 0.05) is 7.05 Å². The minimum absolute atomic E-state index is 0.0784. The fraction of sp³-hybridized carbons (Fsp3) is 0.333. The van der Waals surface area contributed by atoms with Crippen molar-refractivity contribution in [2.24, 2.45) is 7.05 Å². The zero-order valence-electron chi connectivity index (χ0n) is 11.2. The fourth-order valence-corrected chi connectivity index (χ4v) is 1.76. The highest BCUT2D eigenvalue weighted by atomic mass is 16.6. The Morgan fingerprint density at radius 2 is 2.30 bits per heavy atom. The number of aryl methyl sites for hydroxylation is 1. The van der Waals surface area contributed by atoms with E-state index in [2.05, 4.69) is 15.4 Å². The molecule has 0 aliphatic heterocycles. The molecular weight excluding hydrogens is 262 g/mol. The minimum Gasteiger partial charge on any atom is -0.487 e. The van der Waals surface area contributed by atoms with Crippen LogP contribution in [0.3, 0.4) is 0 Å². The lowest BCUT2D eigenvalue weighted by Crippen LogP contribution is -2.06. The highest BCUT2D eigenvalue weighted by Gasteiger charge is 2.20. The summed E-state index contributed by atoms with van der Waals surface area (Å²) >= 11 is 0. The summed E-state index contributed by atoms with van der Waals surface area (Å²) < 4.78 is 6.85. The summed E-state index contributed by atoms with van der Waals surface area (Å²) in [6.07, 6.45) is 1.57. The molecule has 0 saturated heterocycles. The maximum Gasteiger partial charge on any atom is 0.333 e. The number of nitrogens with one attached hydrogen (secondary N) is 1. The van der Waals surface area contributed by atoms with E-state index < -0.39 is 4.92 Å². The minimum atomic E-state index is -0.459.